The van der Waals surface area contributed by atoms with Crippen molar-refractivity contribution in [2.75, 3.05) is 76.6 Å². The van der Waals surface area contributed by atoms with E-state index in [-0.39, 0.29) is 49.4 Å². The number of rotatable bonds is 20. The Balaban J connectivity index is 0.736. The van der Waals surface area contributed by atoms with E-state index in [1.807, 2.05) is 115 Å². The Kier molecular flexibility index (Phi) is 17.8. The number of likely N-dealkylation sites (N-methyl/N-ethyl adjacent to an activating group) is 1. The standard InChI is InChI=1S/C72H76N12O10/c1-71(76-32-12-13-45-20-25-60(91-4)58(39-45)84-36-29-62(86)78-69(84)89)30-37-82(38-31-71)48-27-34-83(35-28-48)68-77-57-24-21-46(56-42-80(2)67(88)63-52(56)26-33-74-63)40-55(57)65(79-68)72(94-49-22-23-49,47-14-6-5-7-15-47)43-92-44-75-66(87)59(41-61(73)85)81(3)70(90)93-64-53-18-10-8-16-50(53)51-17-9-11-19-54(51)64/h5-11,14-21,24-26,33,39-40,42,48-49,59,64,74,76H,22-23,27-32,34-38,41,43-44H2,1-4H3,(H2,73,85)(H,75,87)(H,78,86,89). The molecule has 6 amide bonds. The number of aromatic nitrogens is 4. The summed E-state index contributed by atoms with van der Waals surface area (Å²) in [6.45, 7) is 5.78. The molecular weight excluding hydrogens is 1190 g/mol. The van der Waals surface area contributed by atoms with E-state index < -0.39 is 48.1 Å². The topological polar surface area (TPSA) is 261 Å². The Bertz CT molecular complexity index is 4310. The van der Waals surface area contributed by atoms with Crippen LogP contribution in [0.2, 0.25) is 0 Å². The highest BCUT2D eigenvalue weighted by Crippen LogP contribution is 2.47. The van der Waals surface area contributed by atoms with Crippen LogP contribution in [-0.2, 0) is 41.2 Å². The van der Waals surface area contributed by atoms with Crippen molar-refractivity contribution in [1.29, 1.82) is 0 Å². The van der Waals surface area contributed by atoms with E-state index >= 15 is 0 Å². The number of anilines is 2. The van der Waals surface area contributed by atoms with E-state index in [4.69, 9.17) is 34.6 Å². The van der Waals surface area contributed by atoms with Crippen molar-refractivity contribution < 1.29 is 42.9 Å². The fourth-order valence-electron chi connectivity index (χ4n) is 13.6. The molecule has 0 spiro atoms. The molecule has 3 aromatic heterocycles. The van der Waals surface area contributed by atoms with Crippen LogP contribution in [0.3, 0.4) is 0 Å². The number of imide groups is 1. The molecule has 5 aliphatic rings. The van der Waals surface area contributed by atoms with Gasteiger partial charge in [0.2, 0.25) is 23.7 Å². The lowest BCUT2D eigenvalue weighted by Crippen LogP contribution is -2.55. The molecule has 6 N–H and O–H groups in total. The first kappa shape index (κ1) is 62.9. The van der Waals surface area contributed by atoms with E-state index in [9.17, 15) is 28.8 Å². The maximum atomic E-state index is 14.4. The Labute approximate surface area is 544 Å². The van der Waals surface area contributed by atoms with E-state index in [1.165, 1.54) is 11.9 Å². The summed E-state index contributed by atoms with van der Waals surface area (Å²) in [5, 5.41) is 10.4. The number of carbonyl (C=O) groups is 5. The van der Waals surface area contributed by atoms with Gasteiger partial charge < -0.3 is 54.7 Å². The number of benzene rings is 5. The second kappa shape index (κ2) is 26.6. The first-order valence-corrected chi connectivity index (χ1v) is 32.1. The lowest BCUT2D eigenvalue weighted by atomic mass is 9.87. The number of nitrogens with zero attached hydrogens (tertiary/aromatic N) is 7. The Morgan fingerprint density at radius 1 is 0.840 bits per heavy atom. The van der Waals surface area contributed by atoms with E-state index in [0.29, 0.717) is 65.2 Å². The smallest absolute Gasteiger partial charge is 0.411 e. The SMILES string of the molecule is COc1ccc(C#CCNC2(C)CCN(C3CCN(c4nc(C(COCNC(=O)C(CC(N)=O)N(C)C(=O)OC5c6ccccc6-c6ccccc65)(OC5CC5)c5ccccc5)c5cc(-c6cn(C)c(=O)c7[nH]ccc67)ccc5n4)CC3)CC2)cc1N1CCC(=O)NC1=O. The number of carbonyl (C=O) groups excluding carboxylic acids is 5. The zero-order valence-corrected chi connectivity index (χ0v) is 53.1. The number of urea groups is 1. The third kappa shape index (κ3) is 12.8. The van der Waals surface area contributed by atoms with Gasteiger partial charge in [0.05, 0.1) is 49.7 Å². The lowest BCUT2D eigenvalue weighted by Gasteiger charge is -2.45. The number of ether oxygens (including phenoxy) is 4. The molecule has 13 rings (SSSR count). The van der Waals surface area contributed by atoms with Crippen LogP contribution in [0.15, 0.2) is 139 Å². The van der Waals surface area contributed by atoms with E-state index in [2.05, 4.69) is 55.6 Å². The second-order valence-electron chi connectivity index (χ2n) is 25.2. The molecule has 6 heterocycles. The minimum atomic E-state index is -1.39. The molecule has 8 aromatic rings. The number of methoxy groups -OCH3 is 1. The van der Waals surface area contributed by atoms with Crippen molar-refractivity contribution in [3.8, 4) is 39.8 Å². The maximum Gasteiger partial charge on any atom is 0.411 e. The minimum absolute atomic E-state index is 0.115. The summed E-state index contributed by atoms with van der Waals surface area (Å²) < 4.78 is 27.2. The Morgan fingerprint density at radius 3 is 2.27 bits per heavy atom. The van der Waals surface area contributed by atoms with Gasteiger partial charge in [0.1, 0.15) is 24.0 Å². The first-order chi connectivity index (χ1) is 45.6. The van der Waals surface area contributed by atoms with Crippen LogP contribution in [0.4, 0.5) is 21.2 Å². The molecule has 22 heteroatoms. The molecule has 0 radical (unpaired) electrons. The van der Waals surface area contributed by atoms with Gasteiger partial charge in [-0.05, 0) is 104 Å². The minimum Gasteiger partial charge on any atom is -0.495 e. The largest absolute Gasteiger partial charge is 0.495 e. The number of nitrogens with one attached hydrogen (secondary N) is 4. The quantitative estimate of drug-likeness (QED) is 0.0275. The molecule has 1 saturated carbocycles. The number of piperidine rings is 2. The fourth-order valence-corrected chi connectivity index (χ4v) is 13.6. The van der Waals surface area contributed by atoms with Crippen molar-refractivity contribution in [2.45, 2.75) is 93.7 Å². The van der Waals surface area contributed by atoms with Crippen molar-refractivity contribution in [2.24, 2.45) is 12.8 Å². The van der Waals surface area contributed by atoms with E-state index in [0.717, 1.165) is 106 Å². The predicted molar refractivity (Wildman–Crippen MR) is 356 cm³/mol. The highest BCUT2D eigenvalue weighted by Gasteiger charge is 2.46. The number of likely N-dealkylation sites (tertiary alicyclic amines) is 1. The number of aryl methyl sites for hydroxylation is 1. The van der Waals surface area contributed by atoms with Gasteiger partial charge in [0.25, 0.3) is 5.56 Å². The van der Waals surface area contributed by atoms with Crippen molar-refractivity contribution in [1.82, 2.24) is 45.3 Å². The molecule has 22 nitrogen and oxygen atoms in total. The molecule has 2 unspecified atom stereocenters. The Morgan fingerprint density at radius 2 is 1.56 bits per heavy atom. The zero-order valence-electron chi connectivity index (χ0n) is 53.1. The monoisotopic (exact) mass is 1270 g/mol. The zero-order chi connectivity index (χ0) is 65.3. The number of fused-ring (bicyclic) bond motifs is 5. The van der Waals surface area contributed by atoms with Gasteiger partial charge in [-0.3, -0.25) is 34.3 Å². The van der Waals surface area contributed by atoms with Crippen molar-refractivity contribution in [3.63, 3.8) is 0 Å². The molecule has 3 saturated heterocycles. The number of pyridine rings is 1. The molecular formula is C72H76N12O10. The summed E-state index contributed by atoms with van der Waals surface area (Å²) in [6.07, 6.45) is 6.90. The molecule has 0 bridgehead atoms. The number of amides is 6. The summed E-state index contributed by atoms with van der Waals surface area (Å²) in [5.74, 6) is 5.83. The summed E-state index contributed by atoms with van der Waals surface area (Å²) in [5.41, 5.74) is 13.0. The first-order valence-electron chi connectivity index (χ1n) is 32.1. The van der Waals surface area contributed by atoms with Gasteiger partial charge in [0, 0.05) is 110 Å². The van der Waals surface area contributed by atoms with Crippen LogP contribution >= 0.6 is 0 Å². The highest BCUT2D eigenvalue weighted by molar-refractivity contribution is 6.06. The normalized spacial score (nSPS) is 17.5. The number of hydrogen-bond donors (Lipinski definition) is 5. The third-order valence-corrected chi connectivity index (χ3v) is 19.0. The Hall–Kier alpha value is -9.92. The molecule has 2 atom stereocenters. The van der Waals surface area contributed by atoms with Gasteiger partial charge in [-0.15, -0.1) is 0 Å². The summed E-state index contributed by atoms with van der Waals surface area (Å²) >= 11 is 0. The van der Waals surface area contributed by atoms with Crippen LogP contribution in [0.25, 0.3) is 44.1 Å². The highest BCUT2D eigenvalue weighted by atomic mass is 16.6. The van der Waals surface area contributed by atoms with Gasteiger partial charge in [-0.25, -0.2) is 19.6 Å². The molecule has 3 aliphatic heterocycles. The average molecular weight is 1270 g/mol. The molecule has 2 aliphatic carbocycles. The van der Waals surface area contributed by atoms with Crippen molar-refractivity contribution >= 4 is 63.3 Å². The lowest BCUT2D eigenvalue weighted by molar-refractivity contribution is -0.133. The van der Waals surface area contributed by atoms with Crippen molar-refractivity contribution in [3.05, 3.63) is 172 Å². The van der Waals surface area contributed by atoms with Crippen LogP contribution in [0.5, 0.6) is 5.75 Å². The number of hydrogen-bond acceptors (Lipinski definition) is 15. The van der Waals surface area contributed by atoms with Gasteiger partial charge in [-0.2, -0.15) is 0 Å². The maximum absolute atomic E-state index is 14.4. The molecule has 484 valence electrons. The van der Waals surface area contributed by atoms with Crippen LogP contribution in [0.1, 0.15) is 92.3 Å². The molecule has 94 heavy (non-hydrogen) atoms. The predicted octanol–water partition coefficient (Wildman–Crippen LogP) is 7.99. The van der Waals surface area contributed by atoms with E-state index in [1.54, 1.807) is 31.0 Å². The summed E-state index contributed by atoms with van der Waals surface area (Å²) in [4.78, 5) is 100. The summed E-state index contributed by atoms with van der Waals surface area (Å²) in [7, 11) is 4.69. The number of H-pyrrole nitrogens is 1. The number of nitrogens with two attached hydrogens (primary N) is 1. The molecule has 4 fully saturated rings. The molecule has 5 aromatic carbocycles. The fraction of sp³-hybridized carbons (Fsp3) is 0.361. The van der Waals surface area contributed by atoms with Gasteiger partial charge in [-0.1, -0.05) is 96.8 Å². The van der Waals surface area contributed by atoms with Crippen LogP contribution < -0.4 is 41.8 Å². The summed E-state index contributed by atoms with van der Waals surface area (Å²) in [6, 6.07) is 37.2. The third-order valence-electron chi connectivity index (χ3n) is 19.0. The second-order valence-corrected chi connectivity index (χ2v) is 25.2. The van der Waals surface area contributed by atoms with Gasteiger partial charge in [0.15, 0.2) is 11.7 Å². The average Bonchev–Trinajstić information content (AvgIpc) is 0.995. The van der Waals surface area contributed by atoms with Crippen LogP contribution in [0, 0.1) is 11.8 Å². The van der Waals surface area contributed by atoms with Crippen LogP contribution in [-0.4, -0.2) is 150 Å². The number of aromatic amines is 1. The van der Waals surface area contributed by atoms with Gasteiger partial charge >= 0.3 is 12.1 Å². The number of primary amides is 1.